The molecule has 1 aromatic rings. The number of rotatable bonds is 1. The monoisotopic (exact) mass is 308 g/mol. The predicted molar refractivity (Wildman–Crippen MR) is 72.7 cm³/mol. The molecule has 0 aromatic heterocycles. The Hall–Kier alpha value is -1.20. The van der Waals surface area contributed by atoms with Crippen LogP contribution in [0.4, 0.5) is 5.69 Å². The molecule has 1 unspecified atom stereocenters. The fourth-order valence-electron chi connectivity index (χ4n) is 2.34. The summed E-state index contributed by atoms with van der Waals surface area (Å²) in [5.74, 6) is -0.156. The van der Waals surface area contributed by atoms with E-state index in [2.05, 4.69) is 21.0 Å². The van der Waals surface area contributed by atoms with Crippen molar-refractivity contribution >= 4 is 33.2 Å². The van der Waals surface area contributed by atoms with Crippen LogP contribution < -0.4 is 5.01 Å². The smallest absolute Gasteiger partial charge is 0.258 e. The van der Waals surface area contributed by atoms with Gasteiger partial charge in [0.15, 0.2) is 0 Å². The Morgan fingerprint density at radius 2 is 2.33 bits per heavy atom. The third-order valence-electron chi connectivity index (χ3n) is 3.31. The fourth-order valence-corrected chi connectivity index (χ4v) is 2.81. The van der Waals surface area contributed by atoms with Gasteiger partial charge in [0.25, 0.3) is 5.91 Å². The van der Waals surface area contributed by atoms with Gasteiger partial charge in [0.1, 0.15) is 5.92 Å². The zero-order valence-electron chi connectivity index (χ0n) is 10.0. The maximum atomic E-state index is 12.3. The van der Waals surface area contributed by atoms with Crippen molar-refractivity contribution in [2.45, 2.75) is 13.3 Å². The molecular formula is C13H13BrN2O2. The molecule has 94 valence electrons. The Morgan fingerprint density at radius 3 is 3.06 bits per heavy atom. The van der Waals surface area contributed by atoms with Crippen molar-refractivity contribution in [1.82, 2.24) is 0 Å². The summed E-state index contributed by atoms with van der Waals surface area (Å²) < 4.78 is 6.36. The van der Waals surface area contributed by atoms with E-state index in [1.54, 1.807) is 0 Å². The Morgan fingerprint density at radius 1 is 1.50 bits per heavy atom. The van der Waals surface area contributed by atoms with Crippen LogP contribution in [0.15, 0.2) is 27.8 Å². The molecule has 1 amide bonds. The number of nitrogens with zero attached hydrogens (tertiary/aromatic N) is 2. The fraction of sp³-hybridized carbons (Fsp3) is 0.385. The second-order valence-corrected chi connectivity index (χ2v) is 5.47. The van der Waals surface area contributed by atoms with Gasteiger partial charge in [-0.25, -0.2) is 0 Å². The van der Waals surface area contributed by atoms with E-state index in [0.29, 0.717) is 13.2 Å². The molecule has 2 aliphatic heterocycles. The highest BCUT2D eigenvalue weighted by Crippen LogP contribution is 2.30. The third-order valence-corrected chi connectivity index (χ3v) is 3.80. The number of benzene rings is 1. The lowest BCUT2D eigenvalue weighted by Gasteiger charge is -2.18. The number of ether oxygens (including phenoxy) is 1. The highest BCUT2D eigenvalue weighted by molar-refractivity contribution is 9.10. The van der Waals surface area contributed by atoms with Crippen LogP contribution in [0.5, 0.6) is 0 Å². The lowest BCUT2D eigenvalue weighted by atomic mass is 10.00. The number of fused-ring (bicyclic) bond motifs is 1. The van der Waals surface area contributed by atoms with E-state index in [-0.39, 0.29) is 11.8 Å². The van der Waals surface area contributed by atoms with E-state index in [1.165, 1.54) is 5.01 Å². The number of carbonyl (C=O) groups excluding carboxylic acids is 1. The van der Waals surface area contributed by atoms with Gasteiger partial charge in [0.2, 0.25) is 0 Å². The quantitative estimate of drug-likeness (QED) is 0.800. The molecule has 0 saturated carbocycles. The Labute approximate surface area is 114 Å². The second kappa shape index (κ2) is 4.48. The number of hydrazone groups is 1. The first-order chi connectivity index (χ1) is 8.66. The van der Waals surface area contributed by atoms with Crippen LogP contribution in [0.1, 0.15) is 12.0 Å². The molecule has 0 aliphatic carbocycles. The number of anilines is 1. The topological polar surface area (TPSA) is 41.9 Å². The minimum absolute atomic E-state index is 0.0233. The van der Waals surface area contributed by atoms with Crippen LogP contribution in [0.25, 0.3) is 0 Å². The highest BCUT2D eigenvalue weighted by Gasteiger charge is 2.38. The zero-order valence-corrected chi connectivity index (χ0v) is 11.6. The van der Waals surface area contributed by atoms with Crippen LogP contribution in [0, 0.1) is 12.8 Å². The number of carbonyl (C=O) groups is 1. The maximum Gasteiger partial charge on any atom is 0.258 e. The Bertz CT molecular complexity index is 542. The predicted octanol–water partition coefficient (Wildman–Crippen LogP) is 2.50. The molecular weight excluding hydrogens is 296 g/mol. The normalized spacial score (nSPS) is 23.0. The average Bonchev–Trinajstić information content (AvgIpc) is 2.68. The van der Waals surface area contributed by atoms with Gasteiger partial charge in [-0.15, -0.1) is 0 Å². The molecule has 1 saturated heterocycles. The molecule has 4 nitrogen and oxygen atoms in total. The van der Waals surface area contributed by atoms with E-state index in [0.717, 1.165) is 27.9 Å². The third kappa shape index (κ3) is 1.87. The maximum absolute atomic E-state index is 12.3. The summed E-state index contributed by atoms with van der Waals surface area (Å²) in [5.41, 5.74) is 2.83. The number of halogens is 1. The summed E-state index contributed by atoms with van der Waals surface area (Å²) in [6.45, 7) is 3.10. The van der Waals surface area contributed by atoms with Crippen LogP contribution in [0.2, 0.25) is 0 Å². The molecule has 0 radical (unpaired) electrons. The molecule has 3 rings (SSSR count). The number of hydrogen-bond acceptors (Lipinski definition) is 3. The summed E-state index contributed by atoms with van der Waals surface area (Å²) in [4.78, 5) is 12.3. The van der Waals surface area contributed by atoms with Crippen LogP contribution in [0.3, 0.4) is 0 Å². The molecule has 0 bridgehead atoms. The Balaban J connectivity index is 1.97. The van der Waals surface area contributed by atoms with Gasteiger partial charge in [-0.3, -0.25) is 4.79 Å². The first kappa shape index (κ1) is 11.9. The highest BCUT2D eigenvalue weighted by atomic mass is 79.9. The summed E-state index contributed by atoms with van der Waals surface area (Å²) >= 11 is 3.42. The van der Waals surface area contributed by atoms with E-state index in [1.807, 2.05) is 25.1 Å². The van der Waals surface area contributed by atoms with Crippen LogP contribution in [-0.2, 0) is 9.53 Å². The van der Waals surface area contributed by atoms with Crippen molar-refractivity contribution in [2.75, 3.05) is 18.2 Å². The first-order valence-corrected chi connectivity index (χ1v) is 6.71. The largest absolute Gasteiger partial charge is 0.380 e. The average molecular weight is 309 g/mol. The van der Waals surface area contributed by atoms with Gasteiger partial charge in [0.05, 0.1) is 24.6 Å². The van der Waals surface area contributed by atoms with E-state index >= 15 is 0 Å². The minimum atomic E-state index is -0.179. The number of aryl methyl sites for hydroxylation is 1. The van der Waals surface area contributed by atoms with Crippen molar-refractivity contribution in [1.29, 1.82) is 0 Å². The second-order valence-electron chi connectivity index (χ2n) is 4.55. The van der Waals surface area contributed by atoms with Gasteiger partial charge in [-0.05, 0) is 30.7 Å². The molecule has 1 atom stereocenters. The van der Waals surface area contributed by atoms with Gasteiger partial charge in [0, 0.05) is 10.9 Å². The Kier molecular flexibility index (Phi) is 2.95. The molecule has 5 heteroatoms. The molecule has 0 N–H and O–H groups in total. The molecule has 1 aromatic carbocycles. The lowest BCUT2D eigenvalue weighted by Crippen LogP contribution is -2.34. The van der Waals surface area contributed by atoms with Gasteiger partial charge < -0.3 is 4.74 Å². The SMILES string of the molecule is Cc1cc(Br)ccc1N1N=C2CCOCC2C1=O. The lowest BCUT2D eigenvalue weighted by molar-refractivity contribution is -0.121. The molecule has 18 heavy (non-hydrogen) atoms. The molecule has 1 fully saturated rings. The van der Waals surface area contributed by atoms with Gasteiger partial charge >= 0.3 is 0 Å². The minimum Gasteiger partial charge on any atom is -0.380 e. The summed E-state index contributed by atoms with van der Waals surface area (Å²) in [6.07, 6.45) is 0.752. The molecule has 2 aliphatic rings. The molecule has 2 heterocycles. The van der Waals surface area contributed by atoms with Gasteiger partial charge in [-0.1, -0.05) is 15.9 Å². The summed E-state index contributed by atoms with van der Waals surface area (Å²) in [5, 5.41) is 5.98. The van der Waals surface area contributed by atoms with Crippen molar-refractivity contribution < 1.29 is 9.53 Å². The number of amides is 1. The van der Waals surface area contributed by atoms with Crippen LogP contribution >= 0.6 is 15.9 Å². The van der Waals surface area contributed by atoms with Crippen molar-refractivity contribution in [3.63, 3.8) is 0 Å². The van der Waals surface area contributed by atoms with E-state index < -0.39 is 0 Å². The van der Waals surface area contributed by atoms with Crippen LogP contribution in [-0.4, -0.2) is 24.8 Å². The van der Waals surface area contributed by atoms with Gasteiger partial charge in [-0.2, -0.15) is 10.1 Å². The van der Waals surface area contributed by atoms with E-state index in [9.17, 15) is 4.79 Å². The van der Waals surface area contributed by atoms with Crippen molar-refractivity contribution in [2.24, 2.45) is 11.0 Å². The summed E-state index contributed by atoms with van der Waals surface area (Å²) in [7, 11) is 0. The number of hydrogen-bond donors (Lipinski definition) is 0. The van der Waals surface area contributed by atoms with Crippen molar-refractivity contribution in [3.8, 4) is 0 Å². The first-order valence-electron chi connectivity index (χ1n) is 5.92. The van der Waals surface area contributed by atoms with E-state index in [4.69, 9.17) is 4.74 Å². The van der Waals surface area contributed by atoms with Crippen molar-refractivity contribution in [3.05, 3.63) is 28.2 Å². The zero-order chi connectivity index (χ0) is 12.7. The molecule has 0 spiro atoms. The standard InChI is InChI=1S/C13H13BrN2O2/c1-8-6-9(14)2-3-12(8)16-13(17)10-7-18-5-4-11(10)15-16/h2-3,6,10H,4-5,7H2,1H3. The summed E-state index contributed by atoms with van der Waals surface area (Å²) in [6, 6.07) is 5.83.